The Bertz CT molecular complexity index is 345. The number of allylic oxidation sites excluding steroid dienone is 1. The van der Waals surface area contributed by atoms with E-state index in [-0.39, 0.29) is 0 Å². The summed E-state index contributed by atoms with van der Waals surface area (Å²) < 4.78 is 0. The van der Waals surface area contributed by atoms with Gasteiger partial charge in [-0.1, -0.05) is 38.0 Å². The van der Waals surface area contributed by atoms with Gasteiger partial charge in [0.05, 0.1) is 6.17 Å². The van der Waals surface area contributed by atoms with Crippen LogP contribution in [0.25, 0.3) is 0 Å². The molecule has 2 aliphatic rings. The third-order valence-electron chi connectivity index (χ3n) is 4.70. The summed E-state index contributed by atoms with van der Waals surface area (Å²) in [5, 5.41) is 7.52. The molecule has 2 N–H and O–H groups in total. The summed E-state index contributed by atoms with van der Waals surface area (Å²) in [6, 6.07) is 1.08. The molecule has 2 heteroatoms. The first-order chi connectivity index (χ1) is 9.70. The van der Waals surface area contributed by atoms with E-state index in [1.807, 2.05) is 0 Å². The molecule has 0 radical (unpaired) electrons. The summed E-state index contributed by atoms with van der Waals surface area (Å²) in [6.45, 7) is 8.93. The summed E-state index contributed by atoms with van der Waals surface area (Å²) in [6.07, 6.45) is 14.3. The largest absolute Gasteiger partial charge is 0.296 e. The quantitative estimate of drug-likeness (QED) is 0.558. The molecule has 0 bridgehead atoms. The molecule has 114 valence electrons. The Labute approximate surface area is 125 Å². The normalized spacial score (nSPS) is 30.9. The number of nitrogens with one attached hydrogen (secondary N) is 2. The first kappa shape index (κ1) is 15.8. The van der Waals surface area contributed by atoms with Crippen LogP contribution in [0, 0.1) is 0 Å². The zero-order chi connectivity index (χ0) is 14.4. The van der Waals surface area contributed by atoms with Crippen molar-refractivity contribution in [3.8, 4) is 0 Å². The summed E-state index contributed by atoms with van der Waals surface area (Å²) >= 11 is 0. The lowest BCUT2D eigenvalue weighted by molar-refractivity contribution is 0.287. The predicted molar refractivity (Wildman–Crippen MR) is 87.8 cm³/mol. The van der Waals surface area contributed by atoms with E-state index in [1.165, 1.54) is 63.4 Å². The van der Waals surface area contributed by atoms with Crippen LogP contribution in [-0.4, -0.2) is 18.2 Å². The van der Waals surface area contributed by atoms with E-state index < -0.39 is 0 Å². The summed E-state index contributed by atoms with van der Waals surface area (Å²) in [5.41, 5.74) is 2.99. The molecule has 0 aromatic carbocycles. The monoisotopic (exact) mass is 276 g/mol. The van der Waals surface area contributed by atoms with Crippen LogP contribution in [0.4, 0.5) is 0 Å². The van der Waals surface area contributed by atoms with E-state index in [1.54, 1.807) is 5.57 Å². The van der Waals surface area contributed by atoms with Gasteiger partial charge in [-0.25, -0.2) is 0 Å². The van der Waals surface area contributed by atoms with Crippen molar-refractivity contribution in [2.75, 3.05) is 0 Å². The van der Waals surface area contributed by atoms with E-state index in [0.29, 0.717) is 18.2 Å². The maximum Gasteiger partial charge on any atom is 0.0801 e. The van der Waals surface area contributed by atoms with Gasteiger partial charge < -0.3 is 0 Å². The third-order valence-corrected chi connectivity index (χ3v) is 4.70. The summed E-state index contributed by atoms with van der Waals surface area (Å²) in [7, 11) is 0. The third kappa shape index (κ3) is 4.46. The number of unbranched alkanes of at least 4 members (excludes halogenated alkanes) is 2. The smallest absolute Gasteiger partial charge is 0.0801 e. The van der Waals surface area contributed by atoms with Gasteiger partial charge in [0, 0.05) is 12.1 Å². The minimum absolute atomic E-state index is 0.381. The van der Waals surface area contributed by atoms with Crippen LogP contribution in [0.1, 0.15) is 71.6 Å². The van der Waals surface area contributed by atoms with Crippen molar-refractivity contribution in [3.05, 3.63) is 23.8 Å². The molecule has 3 atom stereocenters. The van der Waals surface area contributed by atoms with Crippen molar-refractivity contribution in [1.82, 2.24) is 10.6 Å². The Morgan fingerprint density at radius 3 is 2.85 bits per heavy atom. The molecule has 1 heterocycles. The van der Waals surface area contributed by atoms with Crippen LogP contribution in [0.3, 0.4) is 0 Å². The molecule has 1 saturated heterocycles. The second-order valence-electron chi connectivity index (χ2n) is 6.60. The molecular formula is C18H32N2. The van der Waals surface area contributed by atoms with Crippen LogP contribution < -0.4 is 10.6 Å². The highest BCUT2D eigenvalue weighted by molar-refractivity contribution is 5.18. The number of hydrogen-bond donors (Lipinski definition) is 2. The van der Waals surface area contributed by atoms with Crippen molar-refractivity contribution in [2.24, 2.45) is 0 Å². The molecule has 0 spiro atoms. The van der Waals surface area contributed by atoms with Crippen molar-refractivity contribution >= 4 is 0 Å². The van der Waals surface area contributed by atoms with Crippen LogP contribution >= 0.6 is 0 Å². The maximum absolute atomic E-state index is 4.35. The molecule has 2 nitrogen and oxygen atoms in total. The maximum atomic E-state index is 4.35. The summed E-state index contributed by atoms with van der Waals surface area (Å²) in [5.74, 6) is 0. The van der Waals surface area contributed by atoms with E-state index in [9.17, 15) is 0 Å². The lowest BCUT2D eigenvalue weighted by atomic mass is 9.90. The van der Waals surface area contributed by atoms with Gasteiger partial charge >= 0.3 is 0 Å². The van der Waals surface area contributed by atoms with Crippen molar-refractivity contribution in [3.63, 3.8) is 0 Å². The predicted octanol–water partition coefficient (Wildman–Crippen LogP) is 4.29. The van der Waals surface area contributed by atoms with Crippen molar-refractivity contribution in [1.29, 1.82) is 0 Å². The Hall–Kier alpha value is -0.600. The molecule has 1 fully saturated rings. The minimum atomic E-state index is 0.381. The highest BCUT2D eigenvalue weighted by Crippen LogP contribution is 2.24. The van der Waals surface area contributed by atoms with Gasteiger partial charge in [-0.15, -0.1) is 0 Å². The van der Waals surface area contributed by atoms with Gasteiger partial charge in [-0.2, -0.15) is 0 Å². The highest BCUT2D eigenvalue weighted by atomic mass is 15.2. The first-order valence-electron chi connectivity index (χ1n) is 8.59. The van der Waals surface area contributed by atoms with Crippen LogP contribution in [0.2, 0.25) is 0 Å². The fourth-order valence-electron chi connectivity index (χ4n) is 3.42. The molecule has 0 amide bonds. The second kappa shape index (κ2) is 7.99. The average molecular weight is 276 g/mol. The fraction of sp³-hybridized carbons (Fsp3) is 0.778. The molecule has 3 unspecified atom stereocenters. The lowest BCUT2D eigenvalue weighted by Crippen LogP contribution is -2.58. The lowest BCUT2D eigenvalue weighted by Gasteiger charge is -2.39. The second-order valence-corrected chi connectivity index (χ2v) is 6.60. The molecule has 0 saturated carbocycles. The average Bonchev–Trinajstić information content (AvgIpc) is 2.47. The van der Waals surface area contributed by atoms with E-state index in [4.69, 9.17) is 0 Å². The zero-order valence-electron chi connectivity index (χ0n) is 13.4. The summed E-state index contributed by atoms with van der Waals surface area (Å²) in [4.78, 5) is 0. The van der Waals surface area contributed by atoms with E-state index in [0.717, 1.165) is 0 Å². The van der Waals surface area contributed by atoms with Gasteiger partial charge in [0.25, 0.3) is 0 Å². The van der Waals surface area contributed by atoms with Crippen LogP contribution in [0.5, 0.6) is 0 Å². The SMILES string of the molecule is C=C(CCCCC)C1CC(C)NC(C2=CCCCC2)N1. The standard InChI is InChI=1S/C18H32N2/c1-4-5-7-10-14(2)17-13-15(3)19-18(20-17)16-11-8-6-9-12-16/h11,15,17-20H,2,4-10,12-13H2,1,3H3. The van der Waals surface area contributed by atoms with E-state index in [2.05, 4.69) is 37.1 Å². The highest BCUT2D eigenvalue weighted by Gasteiger charge is 2.28. The minimum Gasteiger partial charge on any atom is -0.296 e. The number of rotatable bonds is 6. The van der Waals surface area contributed by atoms with Gasteiger partial charge in [0.15, 0.2) is 0 Å². The number of hydrogen-bond acceptors (Lipinski definition) is 2. The van der Waals surface area contributed by atoms with Gasteiger partial charge in [0.1, 0.15) is 0 Å². The molecular weight excluding hydrogens is 244 g/mol. The van der Waals surface area contributed by atoms with E-state index >= 15 is 0 Å². The Morgan fingerprint density at radius 1 is 1.30 bits per heavy atom. The Kier molecular flexibility index (Phi) is 6.31. The van der Waals surface area contributed by atoms with Crippen molar-refractivity contribution in [2.45, 2.75) is 89.9 Å². The molecule has 2 rings (SSSR count). The molecule has 1 aliphatic heterocycles. The van der Waals surface area contributed by atoms with Crippen LogP contribution in [-0.2, 0) is 0 Å². The topological polar surface area (TPSA) is 24.1 Å². The van der Waals surface area contributed by atoms with Gasteiger partial charge in [-0.3, -0.25) is 10.6 Å². The van der Waals surface area contributed by atoms with Gasteiger partial charge in [0.2, 0.25) is 0 Å². The zero-order valence-corrected chi connectivity index (χ0v) is 13.4. The van der Waals surface area contributed by atoms with Gasteiger partial charge in [-0.05, 0) is 57.4 Å². The molecule has 0 aromatic rings. The van der Waals surface area contributed by atoms with Crippen LogP contribution in [0.15, 0.2) is 23.8 Å². The van der Waals surface area contributed by atoms with Crippen molar-refractivity contribution < 1.29 is 0 Å². The fourth-order valence-corrected chi connectivity index (χ4v) is 3.42. The molecule has 1 aliphatic carbocycles. The Balaban J connectivity index is 1.90. The Morgan fingerprint density at radius 2 is 2.15 bits per heavy atom. The molecule has 0 aromatic heterocycles. The first-order valence-corrected chi connectivity index (χ1v) is 8.59. The molecule has 20 heavy (non-hydrogen) atoms.